The van der Waals surface area contributed by atoms with E-state index in [1.807, 2.05) is 37.3 Å². The minimum absolute atomic E-state index is 0.0884. The standard InChI is InChI=1S/C14H17NO5.C6H11NO3/c1-2-18-13-11(8-12(16)20-13)15-14(17)19-9-10-6-4-3-5-7-10;1-2-9-6-4(7)3-5(8)10-6/h3-7,11,13H,2,8-9H2,1H3,(H,15,17);4,6H,2-3,7H2,1H3/t11-,13-;4-,6-/m00/s1. The molecular weight excluding hydrogens is 396 g/mol. The van der Waals surface area contributed by atoms with E-state index in [1.165, 1.54) is 0 Å². The summed E-state index contributed by atoms with van der Waals surface area (Å²) < 4.78 is 25.0. The summed E-state index contributed by atoms with van der Waals surface area (Å²) in [5.41, 5.74) is 6.38. The Bertz CT molecular complexity index is 699. The second kappa shape index (κ2) is 12.1. The van der Waals surface area contributed by atoms with Crippen LogP contribution in [0.4, 0.5) is 4.79 Å². The molecule has 0 unspecified atom stereocenters. The van der Waals surface area contributed by atoms with Crippen LogP contribution in [0.1, 0.15) is 32.3 Å². The van der Waals surface area contributed by atoms with Crippen molar-refractivity contribution in [3.05, 3.63) is 35.9 Å². The van der Waals surface area contributed by atoms with Gasteiger partial charge in [-0.25, -0.2) is 4.79 Å². The number of cyclic esters (lactones) is 2. The van der Waals surface area contributed by atoms with Crippen LogP contribution in [0.3, 0.4) is 0 Å². The Kier molecular flexibility index (Phi) is 9.52. The number of esters is 2. The molecule has 0 bridgehead atoms. The van der Waals surface area contributed by atoms with Gasteiger partial charge in [-0.2, -0.15) is 0 Å². The van der Waals surface area contributed by atoms with E-state index >= 15 is 0 Å². The molecule has 30 heavy (non-hydrogen) atoms. The molecule has 0 aliphatic carbocycles. The van der Waals surface area contributed by atoms with Crippen molar-refractivity contribution < 1.29 is 38.1 Å². The second-order valence-electron chi connectivity index (χ2n) is 6.51. The number of nitrogens with one attached hydrogen (secondary N) is 1. The molecule has 1 aromatic carbocycles. The van der Waals surface area contributed by atoms with E-state index in [0.29, 0.717) is 13.2 Å². The molecule has 10 heteroatoms. The molecule has 166 valence electrons. The quantitative estimate of drug-likeness (QED) is 0.489. The summed E-state index contributed by atoms with van der Waals surface area (Å²) in [5, 5.41) is 2.58. The maximum absolute atomic E-state index is 11.7. The zero-order valence-corrected chi connectivity index (χ0v) is 17.1. The minimum atomic E-state index is -0.739. The molecule has 2 saturated heterocycles. The lowest BCUT2D eigenvalue weighted by molar-refractivity contribution is -0.164. The summed E-state index contributed by atoms with van der Waals surface area (Å²) in [7, 11) is 0. The molecule has 2 fully saturated rings. The van der Waals surface area contributed by atoms with Gasteiger partial charge < -0.3 is 34.7 Å². The number of carbonyl (C=O) groups is 3. The topological polar surface area (TPSA) is 135 Å². The third-order valence-corrected chi connectivity index (χ3v) is 4.14. The highest BCUT2D eigenvalue weighted by atomic mass is 16.7. The van der Waals surface area contributed by atoms with Crippen LogP contribution in [0.15, 0.2) is 30.3 Å². The van der Waals surface area contributed by atoms with Crippen LogP contribution >= 0.6 is 0 Å². The van der Waals surface area contributed by atoms with Crippen molar-refractivity contribution in [2.24, 2.45) is 5.73 Å². The van der Waals surface area contributed by atoms with Crippen LogP contribution in [0, 0.1) is 0 Å². The van der Waals surface area contributed by atoms with E-state index in [2.05, 4.69) is 5.32 Å². The van der Waals surface area contributed by atoms with Gasteiger partial charge >= 0.3 is 18.0 Å². The molecule has 10 nitrogen and oxygen atoms in total. The summed E-state index contributed by atoms with van der Waals surface area (Å²) in [6.45, 7) is 4.71. The highest BCUT2D eigenvalue weighted by molar-refractivity contribution is 5.75. The van der Waals surface area contributed by atoms with Crippen molar-refractivity contribution >= 4 is 18.0 Å². The Balaban J connectivity index is 0.000000269. The van der Waals surface area contributed by atoms with Crippen molar-refractivity contribution in [2.75, 3.05) is 13.2 Å². The predicted octanol–water partition coefficient (Wildman–Crippen LogP) is 1.21. The highest BCUT2D eigenvalue weighted by Gasteiger charge is 2.37. The lowest BCUT2D eigenvalue weighted by Crippen LogP contribution is -2.41. The lowest BCUT2D eigenvalue weighted by Gasteiger charge is -2.18. The van der Waals surface area contributed by atoms with Gasteiger partial charge in [0.1, 0.15) is 12.6 Å². The molecule has 2 heterocycles. The van der Waals surface area contributed by atoms with Gasteiger partial charge in [-0.05, 0) is 19.4 Å². The fraction of sp³-hybridized carbons (Fsp3) is 0.550. The molecular formula is C20H28N2O8. The van der Waals surface area contributed by atoms with Gasteiger partial charge in [0.05, 0.1) is 18.9 Å². The molecule has 4 atom stereocenters. The summed E-state index contributed by atoms with van der Waals surface area (Å²) in [6, 6.07) is 8.55. The van der Waals surface area contributed by atoms with Crippen LogP contribution in [-0.2, 0) is 39.9 Å². The molecule has 0 spiro atoms. The van der Waals surface area contributed by atoms with Crippen LogP contribution in [0.25, 0.3) is 0 Å². The van der Waals surface area contributed by atoms with E-state index in [-0.39, 0.29) is 31.5 Å². The maximum atomic E-state index is 11.7. The van der Waals surface area contributed by atoms with E-state index in [0.717, 1.165) is 5.56 Å². The number of amides is 1. The van der Waals surface area contributed by atoms with E-state index in [1.54, 1.807) is 6.92 Å². The molecule has 0 saturated carbocycles. The molecule has 1 aromatic rings. The van der Waals surface area contributed by atoms with E-state index < -0.39 is 30.7 Å². The van der Waals surface area contributed by atoms with Crippen molar-refractivity contribution in [1.29, 1.82) is 0 Å². The fourth-order valence-electron chi connectivity index (χ4n) is 2.76. The van der Waals surface area contributed by atoms with Gasteiger partial charge in [0.2, 0.25) is 12.6 Å². The molecule has 3 N–H and O–H groups in total. The average molecular weight is 424 g/mol. The van der Waals surface area contributed by atoms with E-state index in [4.69, 9.17) is 29.4 Å². The zero-order chi connectivity index (χ0) is 21.9. The molecule has 3 rings (SSSR count). The van der Waals surface area contributed by atoms with Crippen LogP contribution in [0.2, 0.25) is 0 Å². The normalized spacial score (nSPS) is 25.0. The Labute approximate surface area is 174 Å². The first-order valence-electron chi connectivity index (χ1n) is 9.77. The fourth-order valence-corrected chi connectivity index (χ4v) is 2.76. The Morgan fingerprint density at radius 1 is 1.03 bits per heavy atom. The first-order chi connectivity index (χ1) is 14.4. The number of alkyl carbamates (subject to hydrolysis) is 1. The van der Waals surface area contributed by atoms with Gasteiger partial charge in [0.15, 0.2) is 0 Å². The van der Waals surface area contributed by atoms with Crippen LogP contribution < -0.4 is 11.1 Å². The molecule has 2 aliphatic rings. The first-order valence-corrected chi connectivity index (χ1v) is 9.77. The SMILES string of the molecule is CCO[C@H]1OC(=O)C[C@@H]1N.CCO[C@H]1OC(=O)C[C@@H]1NC(=O)OCc1ccccc1. The van der Waals surface area contributed by atoms with Crippen molar-refractivity contribution in [2.45, 2.75) is 58.0 Å². The number of hydrogen-bond donors (Lipinski definition) is 2. The van der Waals surface area contributed by atoms with Crippen molar-refractivity contribution in [3.8, 4) is 0 Å². The zero-order valence-electron chi connectivity index (χ0n) is 17.1. The number of benzene rings is 1. The number of ether oxygens (including phenoxy) is 5. The monoisotopic (exact) mass is 424 g/mol. The predicted molar refractivity (Wildman–Crippen MR) is 104 cm³/mol. The Morgan fingerprint density at radius 2 is 1.63 bits per heavy atom. The average Bonchev–Trinajstić information content (AvgIpc) is 3.22. The van der Waals surface area contributed by atoms with Crippen molar-refractivity contribution in [1.82, 2.24) is 5.32 Å². The summed E-state index contributed by atoms with van der Waals surface area (Å²) in [5.74, 6) is -0.664. The van der Waals surface area contributed by atoms with Crippen LogP contribution in [0.5, 0.6) is 0 Å². The minimum Gasteiger partial charge on any atom is -0.445 e. The maximum Gasteiger partial charge on any atom is 0.407 e. The molecule has 0 aromatic heterocycles. The summed E-state index contributed by atoms with van der Waals surface area (Å²) in [6.07, 6.45) is -1.49. The Hall–Kier alpha value is -2.69. The molecule has 1 amide bonds. The third-order valence-electron chi connectivity index (χ3n) is 4.14. The Morgan fingerprint density at radius 3 is 2.23 bits per heavy atom. The highest BCUT2D eigenvalue weighted by Crippen LogP contribution is 2.16. The van der Waals surface area contributed by atoms with E-state index in [9.17, 15) is 14.4 Å². The van der Waals surface area contributed by atoms with Crippen LogP contribution in [-0.4, -0.2) is 55.9 Å². The number of rotatable bonds is 7. The largest absolute Gasteiger partial charge is 0.445 e. The number of hydrogen-bond acceptors (Lipinski definition) is 9. The summed E-state index contributed by atoms with van der Waals surface area (Å²) >= 11 is 0. The van der Waals surface area contributed by atoms with Gasteiger partial charge in [-0.3, -0.25) is 9.59 Å². The third kappa shape index (κ3) is 7.62. The molecule has 0 radical (unpaired) electrons. The van der Waals surface area contributed by atoms with Crippen molar-refractivity contribution in [3.63, 3.8) is 0 Å². The van der Waals surface area contributed by atoms with Gasteiger partial charge in [-0.15, -0.1) is 0 Å². The number of carbonyl (C=O) groups excluding carboxylic acids is 3. The number of nitrogens with two attached hydrogens (primary N) is 1. The summed E-state index contributed by atoms with van der Waals surface area (Å²) in [4.78, 5) is 33.4. The van der Waals surface area contributed by atoms with Gasteiger partial charge in [0, 0.05) is 13.2 Å². The first kappa shape index (κ1) is 23.6. The molecule has 2 aliphatic heterocycles. The van der Waals surface area contributed by atoms with Gasteiger partial charge in [-0.1, -0.05) is 30.3 Å². The lowest BCUT2D eigenvalue weighted by atomic mass is 10.2. The smallest absolute Gasteiger partial charge is 0.407 e. The second-order valence-corrected chi connectivity index (χ2v) is 6.51. The van der Waals surface area contributed by atoms with Gasteiger partial charge in [0.25, 0.3) is 0 Å².